The van der Waals surface area contributed by atoms with Gasteiger partial charge in [-0.2, -0.15) is 0 Å². The molecule has 0 aliphatic carbocycles. The van der Waals surface area contributed by atoms with Crippen LogP contribution in [0, 0.1) is 13.8 Å². The van der Waals surface area contributed by atoms with Crippen LogP contribution in [-0.4, -0.2) is 27.9 Å². The number of hydrogen-bond acceptors (Lipinski definition) is 5. The third kappa shape index (κ3) is 4.37. The monoisotopic (exact) mass is 399 g/mol. The Morgan fingerprint density at radius 2 is 2.00 bits per heavy atom. The van der Waals surface area contributed by atoms with Crippen molar-refractivity contribution in [2.75, 3.05) is 11.5 Å². The standard InChI is InChI=1S/C20H17NO4S2/c1-12-6-7-15(8-13(12)2)21-19(24)17(27-20(21)26)10-14-4-3-5-16(9-14)25-11-18(22)23/h3-10H,11H2,1-2H3,(H,22,23)/b17-10+. The van der Waals surface area contributed by atoms with Crippen LogP contribution in [0.1, 0.15) is 16.7 Å². The van der Waals surface area contributed by atoms with E-state index < -0.39 is 12.6 Å². The number of benzene rings is 2. The van der Waals surface area contributed by atoms with Crippen LogP contribution >= 0.6 is 24.0 Å². The lowest BCUT2D eigenvalue weighted by Crippen LogP contribution is -2.27. The molecule has 1 aliphatic rings. The van der Waals surface area contributed by atoms with Crippen LogP contribution in [0.4, 0.5) is 5.69 Å². The molecule has 1 N–H and O–H groups in total. The van der Waals surface area contributed by atoms with E-state index in [-0.39, 0.29) is 5.91 Å². The van der Waals surface area contributed by atoms with Crippen molar-refractivity contribution < 1.29 is 19.4 Å². The molecule has 0 unspecified atom stereocenters. The molecule has 0 saturated carbocycles. The molecule has 7 heteroatoms. The summed E-state index contributed by atoms with van der Waals surface area (Å²) in [6, 6.07) is 12.7. The zero-order valence-electron chi connectivity index (χ0n) is 14.8. The van der Waals surface area contributed by atoms with Crippen LogP contribution in [0.5, 0.6) is 5.75 Å². The lowest BCUT2D eigenvalue weighted by molar-refractivity contribution is -0.139. The fourth-order valence-corrected chi connectivity index (χ4v) is 3.84. The zero-order chi connectivity index (χ0) is 19.6. The van der Waals surface area contributed by atoms with Crippen LogP contribution in [0.25, 0.3) is 6.08 Å². The second-order valence-electron chi connectivity index (χ2n) is 6.04. The summed E-state index contributed by atoms with van der Waals surface area (Å²) in [6.07, 6.45) is 1.73. The number of carbonyl (C=O) groups is 2. The van der Waals surface area contributed by atoms with Crippen molar-refractivity contribution in [1.29, 1.82) is 0 Å². The number of hydrogen-bond donors (Lipinski definition) is 1. The molecule has 1 saturated heterocycles. The van der Waals surface area contributed by atoms with E-state index >= 15 is 0 Å². The highest BCUT2D eigenvalue weighted by Gasteiger charge is 2.33. The molecule has 0 radical (unpaired) electrons. The van der Waals surface area contributed by atoms with Gasteiger partial charge in [-0.3, -0.25) is 9.69 Å². The molecule has 0 bridgehead atoms. The number of amides is 1. The molecular formula is C20H17NO4S2. The normalized spacial score (nSPS) is 15.5. The topological polar surface area (TPSA) is 66.8 Å². The van der Waals surface area contributed by atoms with Gasteiger partial charge < -0.3 is 9.84 Å². The number of ether oxygens (including phenoxy) is 1. The van der Waals surface area contributed by atoms with Gasteiger partial charge in [0.2, 0.25) is 0 Å². The summed E-state index contributed by atoms with van der Waals surface area (Å²) in [5.41, 5.74) is 3.73. The van der Waals surface area contributed by atoms with Gasteiger partial charge in [0.1, 0.15) is 5.75 Å². The van der Waals surface area contributed by atoms with E-state index in [1.54, 1.807) is 24.3 Å². The SMILES string of the molecule is Cc1ccc(N2C(=O)/C(=C\c3cccc(OCC(=O)O)c3)SC2=S)cc1C. The van der Waals surface area contributed by atoms with Gasteiger partial charge in [0.15, 0.2) is 10.9 Å². The summed E-state index contributed by atoms with van der Waals surface area (Å²) < 4.78 is 5.66. The van der Waals surface area contributed by atoms with Crippen LogP contribution in [0.2, 0.25) is 0 Å². The van der Waals surface area contributed by atoms with Crippen molar-refractivity contribution in [2.24, 2.45) is 0 Å². The zero-order valence-corrected chi connectivity index (χ0v) is 16.4. The largest absolute Gasteiger partial charge is 0.482 e. The lowest BCUT2D eigenvalue weighted by Gasteiger charge is -2.15. The lowest BCUT2D eigenvalue weighted by atomic mass is 10.1. The number of rotatable bonds is 5. The maximum absolute atomic E-state index is 12.9. The van der Waals surface area contributed by atoms with Gasteiger partial charge in [-0.1, -0.05) is 42.2 Å². The second-order valence-corrected chi connectivity index (χ2v) is 7.72. The Labute approximate surface area is 166 Å². The molecule has 2 aromatic rings. The van der Waals surface area contributed by atoms with E-state index in [1.807, 2.05) is 38.1 Å². The van der Waals surface area contributed by atoms with Gasteiger partial charge >= 0.3 is 5.97 Å². The third-order valence-corrected chi connectivity index (χ3v) is 5.36. The average molecular weight is 399 g/mol. The molecule has 3 rings (SSSR count). The Morgan fingerprint density at radius 1 is 1.22 bits per heavy atom. The van der Waals surface area contributed by atoms with Crippen molar-refractivity contribution in [2.45, 2.75) is 13.8 Å². The Bertz CT molecular complexity index is 968. The first-order chi connectivity index (χ1) is 12.8. The van der Waals surface area contributed by atoms with Crippen LogP contribution in [-0.2, 0) is 9.59 Å². The van der Waals surface area contributed by atoms with Crippen molar-refractivity contribution >= 4 is 51.9 Å². The van der Waals surface area contributed by atoms with Crippen molar-refractivity contribution in [3.8, 4) is 5.75 Å². The Kier molecular flexibility index (Phi) is 5.62. The first-order valence-electron chi connectivity index (χ1n) is 8.15. The average Bonchev–Trinajstić information content (AvgIpc) is 2.89. The molecule has 2 aromatic carbocycles. The van der Waals surface area contributed by atoms with Crippen molar-refractivity contribution in [3.05, 3.63) is 64.1 Å². The molecule has 1 heterocycles. The van der Waals surface area contributed by atoms with Gasteiger partial charge in [0.05, 0.1) is 10.6 Å². The highest BCUT2D eigenvalue weighted by atomic mass is 32.2. The molecule has 1 fully saturated rings. The highest BCUT2D eigenvalue weighted by molar-refractivity contribution is 8.27. The minimum Gasteiger partial charge on any atom is -0.482 e. The first kappa shape index (κ1) is 19.1. The van der Waals surface area contributed by atoms with Gasteiger partial charge in [-0.05, 0) is 60.9 Å². The van der Waals surface area contributed by atoms with E-state index in [0.717, 1.165) is 22.4 Å². The van der Waals surface area contributed by atoms with Crippen LogP contribution in [0.3, 0.4) is 0 Å². The minimum absolute atomic E-state index is 0.176. The number of nitrogens with zero attached hydrogens (tertiary/aromatic N) is 1. The molecule has 5 nitrogen and oxygen atoms in total. The number of carboxylic acid groups (broad SMARTS) is 1. The fourth-order valence-electron chi connectivity index (χ4n) is 2.55. The predicted octanol–water partition coefficient (Wildman–Crippen LogP) is 4.17. The summed E-state index contributed by atoms with van der Waals surface area (Å²) in [6.45, 7) is 3.59. The maximum atomic E-state index is 12.9. The predicted molar refractivity (Wildman–Crippen MR) is 111 cm³/mol. The number of thiocarbonyl (C=S) groups is 1. The van der Waals surface area contributed by atoms with Gasteiger partial charge in [0.25, 0.3) is 5.91 Å². The molecular weight excluding hydrogens is 382 g/mol. The van der Waals surface area contributed by atoms with Crippen molar-refractivity contribution in [3.63, 3.8) is 0 Å². The molecule has 1 amide bonds. The van der Waals surface area contributed by atoms with E-state index in [0.29, 0.717) is 15.0 Å². The number of aliphatic carboxylic acids is 1. The van der Waals surface area contributed by atoms with Gasteiger partial charge in [-0.25, -0.2) is 4.79 Å². The number of aryl methyl sites for hydroxylation is 2. The van der Waals surface area contributed by atoms with E-state index in [9.17, 15) is 9.59 Å². The summed E-state index contributed by atoms with van der Waals surface area (Å²) >= 11 is 6.64. The summed E-state index contributed by atoms with van der Waals surface area (Å²) in [5.74, 6) is -0.796. The molecule has 0 aromatic heterocycles. The second kappa shape index (κ2) is 7.94. The molecule has 1 aliphatic heterocycles. The third-order valence-electron chi connectivity index (χ3n) is 4.06. The number of carbonyl (C=O) groups excluding carboxylic acids is 1. The first-order valence-corrected chi connectivity index (χ1v) is 9.37. The number of thioether (sulfide) groups is 1. The van der Waals surface area contributed by atoms with E-state index in [1.165, 1.54) is 16.7 Å². The fraction of sp³-hybridized carbons (Fsp3) is 0.150. The van der Waals surface area contributed by atoms with E-state index in [2.05, 4.69) is 0 Å². The molecule has 138 valence electrons. The Hall–Kier alpha value is -2.64. The van der Waals surface area contributed by atoms with E-state index in [4.69, 9.17) is 22.1 Å². The summed E-state index contributed by atoms with van der Waals surface area (Å²) in [5, 5.41) is 8.71. The number of anilines is 1. The summed E-state index contributed by atoms with van der Waals surface area (Å²) in [4.78, 5) is 25.5. The van der Waals surface area contributed by atoms with Crippen LogP contribution < -0.4 is 9.64 Å². The van der Waals surface area contributed by atoms with Crippen molar-refractivity contribution in [1.82, 2.24) is 0 Å². The molecule has 27 heavy (non-hydrogen) atoms. The number of carboxylic acids is 1. The minimum atomic E-state index is -1.05. The van der Waals surface area contributed by atoms with Crippen LogP contribution in [0.15, 0.2) is 47.4 Å². The highest BCUT2D eigenvalue weighted by Crippen LogP contribution is 2.36. The Morgan fingerprint density at radius 3 is 2.70 bits per heavy atom. The van der Waals surface area contributed by atoms with Gasteiger partial charge in [-0.15, -0.1) is 0 Å². The maximum Gasteiger partial charge on any atom is 0.341 e. The molecule has 0 atom stereocenters. The smallest absolute Gasteiger partial charge is 0.341 e. The molecule has 0 spiro atoms. The summed E-state index contributed by atoms with van der Waals surface area (Å²) in [7, 11) is 0. The van der Waals surface area contributed by atoms with Gasteiger partial charge in [0, 0.05) is 0 Å². The Balaban J connectivity index is 1.85. The quantitative estimate of drug-likeness (QED) is 0.601.